The highest BCUT2D eigenvalue weighted by Gasteiger charge is 2.51. The zero-order chi connectivity index (χ0) is 17.4. The number of nitrogens with one attached hydrogen (secondary N) is 2. The average Bonchev–Trinajstić information content (AvgIpc) is 2.53. The van der Waals surface area contributed by atoms with E-state index in [4.69, 9.17) is 0 Å². The van der Waals surface area contributed by atoms with Crippen molar-refractivity contribution in [2.75, 3.05) is 0 Å². The Labute approximate surface area is 146 Å². The molecule has 4 aliphatic carbocycles. The van der Waals surface area contributed by atoms with E-state index in [1.165, 1.54) is 31.5 Å². The van der Waals surface area contributed by atoms with Crippen LogP contribution < -0.4 is 10.7 Å². The maximum Gasteiger partial charge on any atom is 0.335 e. The fourth-order valence-corrected chi connectivity index (χ4v) is 5.46. The van der Waals surface area contributed by atoms with Crippen LogP contribution in [0.3, 0.4) is 0 Å². The van der Waals surface area contributed by atoms with Gasteiger partial charge in [0, 0.05) is 11.6 Å². The maximum absolute atomic E-state index is 12.3. The summed E-state index contributed by atoms with van der Waals surface area (Å²) in [5, 5.41) is 18.0. The molecule has 0 spiro atoms. The van der Waals surface area contributed by atoms with Crippen molar-refractivity contribution < 1.29 is 9.72 Å². The molecule has 0 radical (unpaired) electrons. The first-order valence-electron chi connectivity index (χ1n) is 8.88. The molecule has 4 fully saturated rings. The van der Waals surface area contributed by atoms with Crippen molar-refractivity contribution in [1.82, 2.24) is 10.7 Å². The van der Waals surface area contributed by atoms with Crippen molar-refractivity contribution in [2.45, 2.75) is 44.1 Å². The van der Waals surface area contributed by atoms with Crippen molar-refractivity contribution in [3.63, 3.8) is 0 Å². The van der Waals surface area contributed by atoms with Crippen LogP contribution in [0.15, 0.2) is 29.4 Å². The van der Waals surface area contributed by atoms with Crippen LogP contribution in [0.25, 0.3) is 0 Å². The lowest BCUT2D eigenvalue weighted by Crippen LogP contribution is -2.61. The lowest BCUT2D eigenvalue weighted by Gasteiger charge is -2.56. The van der Waals surface area contributed by atoms with Crippen LogP contribution in [-0.2, 0) is 0 Å². The topological polar surface area (TPSA) is 96.6 Å². The van der Waals surface area contributed by atoms with Crippen molar-refractivity contribution in [3.8, 4) is 0 Å². The summed E-state index contributed by atoms with van der Waals surface area (Å²) in [6.07, 6.45) is 8.48. The van der Waals surface area contributed by atoms with Crippen LogP contribution in [0.5, 0.6) is 0 Å². The van der Waals surface area contributed by atoms with Gasteiger partial charge in [-0.3, -0.25) is 10.1 Å². The minimum atomic E-state index is -0.461. The molecule has 7 nitrogen and oxygen atoms in total. The highest BCUT2D eigenvalue weighted by Crippen LogP contribution is 2.55. The summed E-state index contributed by atoms with van der Waals surface area (Å²) >= 11 is 0. The van der Waals surface area contributed by atoms with Gasteiger partial charge in [-0.2, -0.15) is 5.10 Å². The number of rotatable bonds is 4. The second-order valence-corrected chi connectivity index (χ2v) is 7.84. The Balaban J connectivity index is 1.38. The van der Waals surface area contributed by atoms with E-state index in [2.05, 4.69) is 15.8 Å². The predicted octanol–water partition coefficient (Wildman–Crippen LogP) is 3.20. The van der Waals surface area contributed by atoms with E-state index in [-0.39, 0.29) is 17.3 Å². The molecule has 1 aromatic rings. The van der Waals surface area contributed by atoms with Crippen LogP contribution in [0.1, 0.15) is 44.1 Å². The molecule has 0 heterocycles. The molecule has 5 rings (SSSR count). The van der Waals surface area contributed by atoms with Crippen LogP contribution >= 0.6 is 0 Å². The largest absolute Gasteiger partial charge is 0.335 e. The molecule has 0 atom stereocenters. The fourth-order valence-electron chi connectivity index (χ4n) is 5.46. The molecule has 25 heavy (non-hydrogen) atoms. The van der Waals surface area contributed by atoms with Crippen molar-refractivity contribution in [2.24, 2.45) is 22.9 Å². The number of amides is 2. The summed E-state index contributed by atoms with van der Waals surface area (Å²) < 4.78 is 0. The Morgan fingerprint density at radius 1 is 1.16 bits per heavy atom. The Hall–Kier alpha value is -2.44. The quantitative estimate of drug-likeness (QED) is 0.499. The number of para-hydroxylation sites is 1. The molecule has 7 heteroatoms. The zero-order valence-corrected chi connectivity index (χ0v) is 14.0. The smallest absolute Gasteiger partial charge is 0.331 e. The van der Waals surface area contributed by atoms with E-state index < -0.39 is 4.92 Å². The predicted molar refractivity (Wildman–Crippen MR) is 93.3 cm³/mol. The van der Waals surface area contributed by atoms with Crippen LogP contribution in [-0.4, -0.2) is 22.7 Å². The van der Waals surface area contributed by atoms with Crippen LogP contribution in [0.4, 0.5) is 10.5 Å². The first-order chi connectivity index (χ1) is 12.0. The molecule has 2 amide bonds. The Kier molecular flexibility index (Phi) is 3.94. The number of carbonyl (C=O) groups is 1. The normalized spacial score (nSPS) is 32.7. The van der Waals surface area contributed by atoms with E-state index in [1.807, 2.05) is 0 Å². The van der Waals surface area contributed by atoms with Gasteiger partial charge in [0.2, 0.25) is 0 Å². The highest BCUT2D eigenvalue weighted by atomic mass is 16.6. The number of carbonyl (C=O) groups excluding carboxylic acids is 1. The minimum absolute atomic E-state index is 0.0328. The summed E-state index contributed by atoms with van der Waals surface area (Å²) in [5.41, 5.74) is 2.72. The van der Waals surface area contributed by atoms with E-state index in [1.54, 1.807) is 18.2 Å². The van der Waals surface area contributed by atoms with Gasteiger partial charge in [0.15, 0.2) is 0 Å². The number of benzene rings is 1. The van der Waals surface area contributed by atoms with Gasteiger partial charge in [-0.1, -0.05) is 12.1 Å². The van der Waals surface area contributed by atoms with Crippen LogP contribution in [0, 0.1) is 27.9 Å². The standard InChI is InChI=1S/C18H22N4O3/c23-17(21-19-11-15-3-1-2-4-16(15)22(24)25)20-18-8-12-5-13(9-18)7-14(6-12)10-18/h1-4,11-14H,5-10H2,(H2,20,21,23)/b19-11-. The van der Waals surface area contributed by atoms with E-state index in [0.29, 0.717) is 5.56 Å². The van der Waals surface area contributed by atoms with Crippen molar-refractivity contribution in [1.29, 1.82) is 0 Å². The monoisotopic (exact) mass is 342 g/mol. The van der Waals surface area contributed by atoms with Gasteiger partial charge in [0.05, 0.1) is 16.7 Å². The van der Waals surface area contributed by atoms with E-state index >= 15 is 0 Å². The number of urea groups is 1. The van der Waals surface area contributed by atoms with Gasteiger partial charge >= 0.3 is 6.03 Å². The second-order valence-electron chi connectivity index (χ2n) is 7.84. The molecule has 4 bridgehead atoms. The summed E-state index contributed by atoms with van der Waals surface area (Å²) in [6.45, 7) is 0. The number of hydrazone groups is 1. The molecule has 4 aliphatic rings. The van der Waals surface area contributed by atoms with Gasteiger partial charge in [0.25, 0.3) is 5.69 Å². The number of hydrogen-bond donors (Lipinski definition) is 2. The number of nitrogens with zero attached hydrogens (tertiary/aromatic N) is 2. The fraction of sp³-hybridized carbons (Fsp3) is 0.556. The van der Waals surface area contributed by atoms with Gasteiger partial charge in [0.1, 0.15) is 0 Å². The lowest BCUT2D eigenvalue weighted by atomic mass is 9.53. The lowest BCUT2D eigenvalue weighted by molar-refractivity contribution is -0.385. The third-order valence-corrected chi connectivity index (χ3v) is 5.92. The van der Waals surface area contributed by atoms with Gasteiger partial charge in [-0.05, 0) is 62.3 Å². The maximum atomic E-state index is 12.3. The van der Waals surface area contributed by atoms with Gasteiger partial charge in [-0.15, -0.1) is 0 Å². The Bertz CT molecular complexity index is 696. The first kappa shape index (κ1) is 16.1. The van der Waals surface area contributed by atoms with Crippen LogP contribution in [0.2, 0.25) is 0 Å². The highest BCUT2D eigenvalue weighted by molar-refractivity contribution is 5.86. The summed E-state index contributed by atoms with van der Waals surface area (Å²) in [5.74, 6) is 2.26. The van der Waals surface area contributed by atoms with Crippen molar-refractivity contribution >= 4 is 17.9 Å². The summed E-state index contributed by atoms with van der Waals surface area (Å²) in [4.78, 5) is 22.8. The molecule has 4 saturated carbocycles. The molecule has 0 aliphatic heterocycles. The Morgan fingerprint density at radius 3 is 2.36 bits per heavy atom. The third-order valence-electron chi connectivity index (χ3n) is 5.92. The SMILES string of the molecule is O=C(N/N=C\c1ccccc1[N+](=O)[O-])NC12CC3CC(CC(C3)C1)C2. The minimum Gasteiger partial charge on any atom is -0.331 e. The van der Waals surface area contributed by atoms with Gasteiger partial charge in [-0.25, -0.2) is 10.2 Å². The Morgan fingerprint density at radius 2 is 1.76 bits per heavy atom. The molecule has 2 N–H and O–H groups in total. The molecule has 1 aromatic carbocycles. The molecular formula is C18H22N4O3. The molecule has 132 valence electrons. The molecule has 0 saturated heterocycles. The first-order valence-corrected chi connectivity index (χ1v) is 8.88. The number of nitro groups is 1. The van der Waals surface area contributed by atoms with Crippen molar-refractivity contribution in [3.05, 3.63) is 39.9 Å². The molecule has 0 unspecified atom stereocenters. The molecule has 0 aromatic heterocycles. The van der Waals surface area contributed by atoms with Gasteiger partial charge < -0.3 is 5.32 Å². The number of nitro benzene ring substituents is 1. The summed E-state index contributed by atoms with van der Waals surface area (Å²) in [6, 6.07) is 5.99. The zero-order valence-electron chi connectivity index (χ0n) is 14.0. The second kappa shape index (κ2) is 6.13. The third kappa shape index (κ3) is 3.23. The average molecular weight is 342 g/mol. The number of hydrogen-bond acceptors (Lipinski definition) is 4. The summed E-state index contributed by atoms with van der Waals surface area (Å²) in [7, 11) is 0. The van der Waals surface area contributed by atoms with E-state index in [9.17, 15) is 14.9 Å². The molecular weight excluding hydrogens is 320 g/mol. The van der Waals surface area contributed by atoms with E-state index in [0.717, 1.165) is 37.0 Å².